The molecule has 0 aliphatic heterocycles. The first-order valence-corrected chi connectivity index (χ1v) is 3.41. The quantitative estimate of drug-likeness (QED) is 0.600. The van der Waals surface area contributed by atoms with Crippen LogP contribution >= 0.6 is 0 Å². The van der Waals surface area contributed by atoms with Crippen molar-refractivity contribution in [3.05, 3.63) is 0 Å². The molecule has 0 saturated carbocycles. The lowest BCUT2D eigenvalue weighted by atomic mass is 10.1. The molecule has 3 heteroatoms. The van der Waals surface area contributed by atoms with Crippen LogP contribution < -0.4 is 5.73 Å². The van der Waals surface area contributed by atoms with Crippen LogP contribution in [0.2, 0.25) is 0 Å². The number of methoxy groups -OCH3 is 1. The lowest BCUT2D eigenvalue weighted by molar-refractivity contribution is -0.142. The molecular weight excluding hydrogens is 130 g/mol. The van der Waals surface area contributed by atoms with Crippen molar-refractivity contribution in [3.8, 4) is 0 Å². The molecule has 0 aromatic heterocycles. The molecule has 0 radical (unpaired) electrons. The molecule has 0 aromatic rings. The van der Waals surface area contributed by atoms with Crippen molar-refractivity contribution in [2.75, 3.05) is 7.11 Å². The summed E-state index contributed by atoms with van der Waals surface area (Å²) < 4.78 is 4.45. The zero-order valence-corrected chi connectivity index (χ0v) is 6.76. The number of carbonyl (C=O) groups excluding carboxylic acids is 1. The smallest absolute Gasteiger partial charge is 0.322 e. The molecule has 0 aromatic carbocycles. The van der Waals surface area contributed by atoms with Crippen molar-refractivity contribution in [3.63, 3.8) is 0 Å². The van der Waals surface area contributed by atoms with Gasteiger partial charge in [0.2, 0.25) is 0 Å². The number of hydrogen-bond donors (Lipinski definition) is 1. The Labute approximate surface area is 63.0 Å². The van der Waals surface area contributed by atoms with Crippen LogP contribution in [0.1, 0.15) is 21.7 Å². The van der Waals surface area contributed by atoms with Gasteiger partial charge in [0.1, 0.15) is 6.04 Å². The molecule has 0 saturated heterocycles. The molecule has 0 aliphatic carbocycles. The third kappa shape index (κ3) is 3.45. The molecule has 0 spiro atoms. The Hall–Kier alpha value is -0.570. The molecule has 2 N–H and O–H groups in total. The minimum atomic E-state index is -0.454. The van der Waals surface area contributed by atoms with Crippen LogP contribution in [0, 0.1) is 5.92 Å². The van der Waals surface area contributed by atoms with Crippen LogP contribution in [-0.4, -0.2) is 19.1 Å². The predicted octanol–water partition coefficient (Wildman–Crippen LogP) is 0.779. The topological polar surface area (TPSA) is 52.3 Å². The summed E-state index contributed by atoms with van der Waals surface area (Å²) in [6, 6.07) is -0.454. The fraction of sp³-hybridized carbons (Fsp3) is 0.857. The van der Waals surface area contributed by atoms with E-state index in [2.05, 4.69) is 4.74 Å². The maximum atomic E-state index is 10.7. The number of carbonyl (C=O) groups is 1. The van der Waals surface area contributed by atoms with Crippen LogP contribution in [0.5, 0.6) is 0 Å². The monoisotopic (exact) mass is 147 g/mol. The van der Waals surface area contributed by atoms with Gasteiger partial charge in [0, 0.05) is 1.43 Å². The zero-order chi connectivity index (χ0) is 8.15. The number of hydrogen-bond acceptors (Lipinski definition) is 3. The summed E-state index contributed by atoms with van der Waals surface area (Å²) in [4.78, 5) is 10.7. The fourth-order valence-corrected chi connectivity index (χ4v) is 0.755. The van der Waals surface area contributed by atoms with Crippen molar-refractivity contribution in [1.29, 1.82) is 0 Å². The predicted molar refractivity (Wildman–Crippen MR) is 41.6 cm³/mol. The second-order valence-corrected chi connectivity index (χ2v) is 2.76. The van der Waals surface area contributed by atoms with E-state index in [0.29, 0.717) is 12.3 Å². The molecule has 0 rings (SSSR count). The van der Waals surface area contributed by atoms with Crippen molar-refractivity contribution in [2.45, 2.75) is 26.3 Å². The van der Waals surface area contributed by atoms with Gasteiger partial charge >= 0.3 is 5.97 Å². The van der Waals surface area contributed by atoms with E-state index in [1.165, 1.54) is 7.11 Å². The fourth-order valence-electron chi connectivity index (χ4n) is 0.755. The standard InChI is InChI=1S/C7H15NO2.H2/c1-5(2)4-6(8)7(9)10-3;/h5-6H,4,8H2,1-3H3;1H/t6-;/m0./s1. The van der Waals surface area contributed by atoms with E-state index in [9.17, 15) is 4.79 Å². The summed E-state index contributed by atoms with van der Waals surface area (Å²) in [5, 5.41) is 0. The average Bonchev–Trinajstić information content (AvgIpc) is 1.85. The first-order valence-electron chi connectivity index (χ1n) is 3.41. The molecule has 0 heterocycles. The third-order valence-electron chi connectivity index (χ3n) is 1.23. The highest BCUT2D eigenvalue weighted by Crippen LogP contribution is 2.02. The van der Waals surface area contributed by atoms with Crippen molar-refractivity contribution >= 4 is 5.97 Å². The Balaban J connectivity index is 0. The van der Waals surface area contributed by atoms with E-state index < -0.39 is 6.04 Å². The lowest BCUT2D eigenvalue weighted by Gasteiger charge is -2.10. The number of rotatable bonds is 3. The summed E-state index contributed by atoms with van der Waals surface area (Å²) in [5.41, 5.74) is 5.45. The Morgan fingerprint density at radius 1 is 1.70 bits per heavy atom. The van der Waals surface area contributed by atoms with Crippen LogP contribution in [0.4, 0.5) is 0 Å². The highest BCUT2D eigenvalue weighted by atomic mass is 16.5. The zero-order valence-electron chi connectivity index (χ0n) is 6.76. The van der Waals surface area contributed by atoms with E-state index in [4.69, 9.17) is 5.73 Å². The van der Waals surface area contributed by atoms with Crippen molar-refractivity contribution in [1.82, 2.24) is 0 Å². The van der Waals surface area contributed by atoms with E-state index in [1.54, 1.807) is 0 Å². The van der Waals surface area contributed by atoms with E-state index in [-0.39, 0.29) is 7.40 Å². The van der Waals surface area contributed by atoms with Crippen molar-refractivity contribution < 1.29 is 11.0 Å². The van der Waals surface area contributed by atoms with Gasteiger partial charge in [0.05, 0.1) is 7.11 Å². The molecule has 0 fully saturated rings. The number of ether oxygens (including phenoxy) is 1. The maximum absolute atomic E-state index is 10.7. The van der Waals surface area contributed by atoms with Gasteiger partial charge in [0.25, 0.3) is 0 Å². The van der Waals surface area contributed by atoms with E-state index >= 15 is 0 Å². The van der Waals surface area contributed by atoms with E-state index in [0.717, 1.165) is 0 Å². The molecular formula is C7H17NO2. The summed E-state index contributed by atoms with van der Waals surface area (Å²) in [6.45, 7) is 4.03. The van der Waals surface area contributed by atoms with Gasteiger partial charge in [-0.3, -0.25) is 4.79 Å². The highest BCUT2D eigenvalue weighted by Gasteiger charge is 2.14. The number of esters is 1. The highest BCUT2D eigenvalue weighted by molar-refractivity contribution is 5.75. The van der Waals surface area contributed by atoms with Gasteiger partial charge in [-0.1, -0.05) is 13.8 Å². The maximum Gasteiger partial charge on any atom is 0.322 e. The number of nitrogens with two attached hydrogens (primary N) is 1. The van der Waals surface area contributed by atoms with Crippen LogP contribution in [0.15, 0.2) is 0 Å². The second-order valence-electron chi connectivity index (χ2n) is 2.76. The Morgan fingerprint density at radius 2 is 2.20 bits per heavy atom. The third-order valence-corrected chi connectivity index (χ3v) is 1.23. The molecule has 10 heavy (non-hydrogen) atoms. The average molecular weight is 147 g/mol. The van der Waals surface area contributed by atoms with E-state index in [1.807, 2.05) is 13.8 Å². The molecule has 0 aliphatic rings. The summed E-state index contributed by atoms with van der Waals surface area (Å²) in [7, 11) is 1.35. The molecule has 3 nitrogen and oxygen atoms in total. The lowest BCUT2D eigenvalue weighted by Crippen LogP contribution is -2.32. The van der Waals surface area contributed by atoms with Crippen molar-refractivity contribution in [2.24, 2.45) is 11.7 Å². The van der Waals surface area contributed by atoms with Crippen LogP contribution in [0.3, 0.4) is 0 Å². The van der Waals surface area contributed by atoms with Crippen LogP contribution in [-0.2, 0) is 9.53 Å². The summed E-state index contributed by atoms with van der Waals surface area (Å²) in [6.07, 6.45) is 0.687. The van der Waals surface area contributed by atoms with Gasteiger partial charge in [0.15, 0.2) is 0 Å². The first-order chi connectivity index (χ1) is 4.57. The molecule has 1 atom stereocenters. The summed E-state index contributed by atoms with van der Waals surface area (Å²) >= 11 is 0. The second kappa shape index (κ2) is 4.28. The molecule has 62 valence electrons. The first kappa shape index (κ1) is 9.43. The van der Waals surface area contributed by atoms with Gasteiger partial charge in [-0.25, -0.2) is 0 Å². The van der Waals surface area contributed by atoms with Gasteiger partial charge in [-0.15, -0.1) is 0 Å². The Bertz CT molecular complexity index is 117. The molecule has 0 unspecified atom stereocenters. The minimum absolute atomic E-state index is 0. The normalized spacial score (nSPS) is 13.3. The minimum Gasteiger partial charge on any atom is -0.468 e. The Kier molecular flexibility index (Phi) is 4.03. The largest absolute Gasteiger partial charge is 0.468 e. The van der Waals surface area contributed by atoms with Crippen LogP contribution in [0.25, 0.3) is 0 Å². The Morgan fingerprint density at radius 3 is 2.50 bits per heavy atom. The summed E-state index contributed by atoms with van der Waals surface area (Å²) in [5.74, 6) is 0.114. The van der Waals surface area contributed by atoms with Gasteiger partial charge in [-0.05, 0) is 12.3 Å². The van der Waals surface area contributed by atoms with Gasteiger partial charge in [-0.2, -0.15) is 0 Å². The van der Waals surface area contributed by atoms with Gasteiger partial charge < -0.3 is 10.5 Å². The molecule has 0 amide bonds. The molecule has 0 bridgehead atoms. The SMILES string of the molecule is COC(=O)[C@@H](N)CC(C)C.[HH].